The first-order valence-corrected chi connectivity index (χ1v) is 9.48. The van der Waals surface area contributed by atoms with Crippen LogP contribution in [0.4, 0.5) is 4.79 Å². The fraction of sp³-hybridized carbons (Fsp3) is 0.944. The molecular weight excluding hydrogens is 290 g/mol. The molecule has 23 heavy (non-hydrogen) atoms. The second-order valence-electron chi connectivity index (χ2n) is 6.32. The third-order valence-electron chi connectivity index (χ3n) is 4.05. The third kappa shape index (κ3) is 15.8. The van der Waals surface area contributed by atoms with Crippen molar-refractivity contribution in [2.45, 2.75) is 83.6 Å². The number of carbonyl (C=O) groups is 1. The highest BCUT2D eigenvalue weighted by molar-refractivity contribution is 5.74. The van der Waals surface area contributed by atoms with E-state index in [1.165, 1.54) is 64.2 Å². The minimum Gasteiger partial charge on any atom is -0.383 e. The topological polar surface area (TPSA) is 76.4 Å². The molecule has 0 aliphatic rings. The van der Waals surface area contributed by atoms with Crippen molar-refractivity contribution in [3.05, 3.63) is 0 Å². The Balaban J connectivity index is 3.27. The van der Waals surface area contributed by atoms with Gasteiger partial charge in [0.1, 0.15) is 0 Å². The molecule has 0 heterocycles. The van der Waals surface area contributed by atoms with Gasteiger partial charge in [0.15, 0.2) is 0 Å². The Labute approximate surface area is 143 Å². The van der Waals surface area contributed by atoms with E-state index >= 15 is 0 Å². The van der Waals surface area contributed by atoms with Crippen molar-refractivity contribution < 1.29 is 9.53 Å². The van der Waals surface area contributed by atoms with Crippen molar-refractivity contribution in [2.24, 2.45) is 5.73 Å². The van der Waals surface area contributed by atoms with Crippen LogP contribution in [-0.2, 0) is 4.74 Å². The second-order valence-corrected chi connectivity index (χ2v) is 6.32. The fourth-order valence-corrected chi connectivity index (χ4v) is 2.60. The van der Waals surface area contributed by atoms with Gasteiger partial charge in [0, 0.05) is 20.2 Å². The van der Waals surface area contributed by atoms with Crippen LogP contribution in [0.1, 0.15) is 77.6 Å². The van der Waals surface area contributed by atoms with Crippen LogP contribution in [0.15, 0.2) is 0 Å². The smallest absolute Gasteiger partial charge is 0.315 e. The summed E-state index contributed by atoms with van der Waals surface area (Å²) in [5.41, 5.74) is 5.55. The molecule has 0 fully saturated rings. The van der Waals surface area contributed by atoms with E-state index in [0.29, 0.717) is 13.2 Å². The molecule has 0 aliphatic carbocycles. The van der Waals surface area contributed by atoms with E-state index in [1.54, 1.807) is 7.11 Å². The minimum absolute atomic E-state index is 0.114. The van der Waals surface area contributed by atoms with E-state index in [4.69, 9.17) is 10.5 Å². The predicted molar refractivity (Wildman–Crippen MR) is 97.7 cm³/mol. The maximum absolute atomic E-state index is 11.6. The molecule has 5 nitrogen and oxygen atoms in total. The number of carbonyl (C=O) groups excluding carboxylic acids is 1. The molecule has 4 N–H and O–H groups in total. The number of urea groups is 1. The van der Waals surface area contributed by atoms with Gasteiger partial charge in [-0.05, 0) is 6.42 Å². The molecule has 0 radical (unpaired) electrons. The van der Waals surface area contributed by atoms with Crippen molar-refractivity contribution >= 4 is 6.03 Å². The summed E-state index contributed by atoms with van der Waals surface area (Å²) in [5, 5.41) is 5.68. The molecule has 0 saturated carbocycles. The molecular formula is C18H39N3O2. The lowest BCUT2D eigenvalue weighted by molar-refractivity contribution is 0.167. The quantitative estimate of drug-likeness (QED) is 0.379. The predicted octanol–water partition coefficient (Wildman–Crippen LogP) is 3.57. The standard InChI is InChI=1S/C18H39N3O2/c1-3-4-5-6-7-8-9-10-11-12-13-14-20-18(22)21-17(15-19)16-23-2/h17H,3-16,19H2,1-2H3,(H2,20,21,22)/t17-/m0/s1. The molecule has 0 aliphatic heterocycles. The molecule has 0 spiro atoms. The zero-order valence-electron chi connectivity index (χ0n) is 15.4. The van der Waals surface area contributed by atoms with Crippen LogP contribution in [0.5, 0.6) is 0 Å². The molecule has 138 valence electrons. The SMILES string of the molecule is CCCCCCCCCCCCCNC(=O)N[C@@H](CN)COC. The van der Waals surface area contributed by atoms with Crippen molar-refractivity contribution in [1.29, 1.82) is 0 Å². The molecule has 1 atom stereocenters. The van der Waals surface area contributed by atoms with Gasteiger partial charge in [-0.2, -0.15) is 0 Å². The van der Waals surface area contributed by atoms with Crippen LogP contribution in [-0.4, -0.2) is 38.9 Å². The lowest BCUT2D eigenvalue weighted by Gasteiger charge is -2.16. The number of unbranched alkanes of at least 4 members (excludes halogenated alkanes) is 10. The van der Waals surface area contributed by atoms with Crippen molar-refractivity contribution in [1.82, 2.24) is 10.6 Å². The highest BCUT2D eigenvalue weighted by atomic mass is 16.5. The van der Waals surface area contributed by atoms with Gasteiger partial charge in [0.05, 0.1) is 12.6 Å². The third-order valence-corrected chi connectivity index (χ3v) is 4.05. The van der Waals surface area contributed by atoms with Gasteiger partial charge < -0.3 is 21.1 Å². The summed E-state index contributed by atoms with van der Waals surface area (Å²) in [5.74, 6) is 0. The zero-order valence-corrected chi connectivity index (χ0v) is 15.4. The first-order valence-electron chi connectivity index (χ1n) is 9.48. The number of amides is 2. The highest BCUT2D eigenvalue weighted by Crippen LogP contribution is 2.10. The van der Waals surface area contributed by atoms with Crippen molar-refractivity contribution in [2.75, 3.05) is 26.8 Å². The molecule has 5 heteroatoms. The lowest BCUT2D eigenvalue weighted by Crippen LogP contribution is -2.47. The number of methoxy groups -OCH3 is 1. The van der Waals surface area contributed by atoms with Gasteiger partial charge in [0.25, 0.3) is 0 Å². The second kappa shape index (κ2) is 17.5. The monoisotopic (exact) mass is 329 g/mol. The molecule has 0 aromatic heterocycles. The van der Waals surface area contributed by atoms with Crippen LogP contribution in [0, 0.1) is 0 Å². The number of hydrogen-bond donors (Lipinski definition) is 3. The molecule has 2 amide bonds. The molecule has 0 aromatic carbocycles. The Morgan fingerprint density at radius 1 is 0.957 bits per heavy atom. The summed E-state index contributed by atoms with van der Waals surface area (Å²) >= 11 is 0. The van der Waals surface area contributed by atoms with E-state index in [2.05, 4.69) is 17.6 Å². The Kier molecular flexibility index (Phi) is 16.9. The van der Waals surface area contributed by atoms with Crippen LogP contribution < -0.4 is 16.4 Å². The number of nitrogens with one attached hydrogen (secondary N) is 2. The summed E-state index contributed by atoms with van der Waals surface area (Å²) in [6.45, 7) is 3.82. The molecule has 0 unspecified atom stereocenters. The van der Waals surface area contributed by atoms with Gasteiger partial charge in [-0.3, -0.25) is 0 Å². The van der Waals surface area contributed by atoms with Gasteiger partial charge in [-0.25, -0.2) is 4.79 Å². The van der Waals surface area contributed by atoms with Crippen molar-refractivity contribution in [3.8, 4) is 0 Å². The Morgan fingerprint density at radius 2 is 1.48 bits per heavy atom. The van der Waals surface area contributed by atoms with Gasteiger partial charge >= 0.3 is 6.03 Å². The largest absolute Gasteiger partial charge is 0.383 e. The number of rotatable bonds is 16. The summed E-state index contributed by atoms with van der Waals surface area (Å²) in [6, 6.07) is -0.262. The summed E-state index contributed by atoms with van der Waals surface area (Å²) in [6.07, 6.45) is 14.5. The molecule has 0 saturated heterocycles. The summed E-state index contributed by atoms with van der Waals surface area (Å²) in [4.78, 5) is 11.6. The minimum atomic E-state index is -0.149. The Bertz CT molecular complexity index is 263. The first kappa shape index (κ1) is 22.2. The Morgan fingerprint density at radius 3 is 1.96 bits per heavy atom. The van der Waals surface area contributed by atoms with Crippen molar-refractivity contribution in [3.63, 3.8) is 0 Å². The van der Waals surface area contributed by atoms with Crippen LogP contribution in [0.3, 0.4) is 0 Å². The van der Waals surface area contributed by atoms with E-state index in [0.717, 1.165) is 13.0 Å². The van der Waals surface area contributed by atoms with E-state index in [9.17, 15) is 4.79 Å². The van der Waals surface area contributed by atoms with Gasteiger partial charge in [0.2, 0.25) is 0 Å². The molecule has 0 bridgehead atoms. The van der Waals surface area contributed by atoms with E-state index in [1.807, 2.05) is 0 Å². The van der Waals surface area contributed by atoms with Gasteiger partial charge in [-0.15, -0.1) is 0 Å². The summed E-state index contributed by atoms with van der Waals surface area (Å²) in [7, 11) is 1.60. The fourth-order valence-electron chi connectivity index (χ4n) is 2.60. The number of hydrogen-bond acceptors (Lipinski definition) is 3. The average Bonchev–Trinajstić information content (AvgIpc) is 2.55. The van der Waals surface area contributed by atoms with Gasteiger partial charge in [-0.1, -0.05) is 71.1 Å². The van der Waals surface area contributed by atoms with Crippen LogP contribution >= 0.6 is 0 Å². The van der Waals surface area contributed by atoms with Crippen LogP contribution in [0.25, 0.3) is 0 Å². The lowest BCUT2D eigenvalue weighted by atomic mass is 10.1. The zero-order chi connectivity index (χ0) is 17.2. The molecule has 0 rings (SSSR count). The summed E-state index contributed by atoms with van der Waals surface area (Å²) < 4.78 is 4.99. The maximum atomic E-state index is 11.6. The van der Waals surface area contributed by atoms with E-state index in [-0.39, 0.29) is 12.1 Å². The highest BCUT2D eigenvalue weighted by Gasteiger charge is 2.09. The number of nitrogens with two attached hydrogens (primary N) is 1. The average molecular weight is 330 g/mol. The maximum Gasteiger partial charge on any atom is 0.315 e. The first-order chi connectivity index (χ1) is 11.2. The van der Waals surface area contributed by atoms with Crippen LogP contribution in [0.2, 0.25) is 0 Å². The van der Waals surface area contributed by atoms with E-state index < -0.39 is 0 Å². The Hall–Kier alpha value is -0.810. The molecule has 0 aromatic rings. The number of ether oxygens (including phenoxy) is 1. The normalized spacial score (nSPS) is 12.1.